The lowest BCUT2D eigenvalue weighted by molar-refractivity contribution is -0.115. The Balaban J connectivity index is 1.57. The zero-order valence-corrected chi connectivity index (χ0v) is 18.9. The first-order valence-electron chi connectivity index (χ1n) is 10.3. The number of thioether (sulfide) groups is 1. The Hall–Kier alpha value is -2.94. The van der Waals surface area contributed by atoms with Crippen LogP contribution in [-0.2, 0) is 4.79 Å². The molecule has 3 aromatic rings. The van der Waals surface area contributed by atoms with Gasteiger partial charge in [0, 0.05) is 37.1 Å². The van der Waals surface area contributed by atoms with E-state index in [0.29, 0.717) is 15.8 Å². The van der Waals surface area contributed by atoms with Gasteiger partial charge in [0.15, 0.2) is 0 Å². The van der Waals surface area contributed by atoms with E-state index < -0.39 is 0 Å². The summed E-state index contributed by atoms with van der Waals surface area (Å²) in [6, 6.07) is 11.7. The number of carbonyl (C=O) groups is 2. The summed E-state index contributed by atoms with van der Waals surface area (Å²) < 4.78 is 0. The Morgan fingerprint density at radius 2 is 1.91 bits per heavy atom. The van der Waals surface area contributed by atoms with E-state index in [1.807, 2.05) is 43.3 Å². The minimum atomic E-state index is -0.379. The second-order valence-corrected chi connectivity index (χ2v) is 9.07. The number of piperazine rings is 1. The third-order valence-electron chi connectivity index (χ3n) is 5.45. The van der Waals surface area contributed by atoms with E-state index >= 15 is 0 Å². The molecule has 1 aromatic heterocycles. The number of benzene rings is 2. The van der Waals surface area contributed by atoms with Crippen molar-refractivity contribution in [2.75, 3.05) is 31.1 Å². The molecule has 2 aliphatic rings. The third-order valence-corrected chi connectivity index (χ3v) is 6.56. The number of carbonyl (C=O) groups excluding carboxylic acids is 2. The summed E-state index contributed by atoms with van der Waals surface area (Å²) in [5.41, 5.74) is 4.29. The second kappa shape index (κ2) is 8.54. The van der Waals surface area contributed by atoms with Crippen LogP contribution in [0.5, 0.6) is 0 Å². The largest absolute Gasteiger partial charge is 0.368 e. The monoisotopic (exact) mass is 465 g/mol. The molecule has 0 unspecified atom stereocenters. The number of amides is 2. The Kier molecular flexibility index (Phi) is 5.58. The lowest BCUT2D eigenvalue weighted by Gasteiger charge is -2.30. The zero-order valence-electron chi connectivity index (χ0n) is 17.3. The van der Waals surface area contributed by atoms with Gasteiger partial charge in [0.25, 0.3) is 11.1 Å². The van der Waals surface area contributed by atoms with Crippen LogP contribution < -0.4 is 15.5 Å². The maximum Gasteiger partial charge on any atom is 0.290 e. The van der Waals surface area contributed by atoms with Gasteiger partial charge in [-0.1, -0.05) is 23.7 Å². The fourth-order valence-corrected chi connectivity index (χ4v) is 4.94. The molecule has 0 saturated carbocycles. The summed E-state index contributed by atoms with van der Waals surface area (Å²) in [5, 5.41) is 6.81. The second-order valence-electron chi connectivity index (χ2n) is 7.65. The average Bonchev–Trinajstić information content (AvgIpc) is 3.10. The number of anilines is 1. The molecule has 9 heteroatoms. The van der Waals surface area contributed by atoms with Crippen LogP contribution in [0, 0.1) is 6.92 Å². The van der Waals surface area contributed by atoms with Gasteiger partial charge in [0.1, 0.15) is 5.82 Å². The molecular weight excluding hydrogens is 446 g/mol. The highest BCUT2D eigenvalue weighted by Crippen LogP contribution is 2.34. The lowest BCUT2D eigenvalue weighted by atomic mass is 10.0. The van der Waals surface area contributed by atoms with Crippen LogP contribution in [-0.4, -0.2) is 47.3 Å². The molecule has 2 saturated heterocycles. The van der Waals surface area contributed by atoms with Gasteiger partial charge in [-0.2, -0.15) is 0 Å². The van der Waals surface area contributed by atoms with Crippen molar-refractivity contribution in [3.63, 3.8) is 0 Å². The molecular formula is C23H20ClN5O2S. The van der Waals surface area contributed by atoms with Gasteiger partial charge in [0.2, 0.25) is 0 Å². The molecule has 2 N–H and O–H groups in total. The van der Waals surface area contributed by atoms with Gasteiger partial charge in [-0.15, -0.1) is 0 Å². The minimum absolute atomic E-state index is 0.360. The highest BCUT2D eigenvalue weighted by Gasteiger charge is 2.25. The molecule has 3 heterocycles. The predicted octanol–water partition coefficient (Wildman–Crippen LogP) is 3.99. The first-order chi connectivity index (χ1) is 15.5. The van der Waals surface area contributed by atoms with Crippen LogP contribution in [0.1, 0.15) is 11.4 Å². The first-order valence-corrected chi connectivity index (χ1v) is 11.5. The molecule has 0 radical (unpaired) electrons. The van der Waals surface area contributed by atoms with Crippen LogP contribution in [0.4, 0.5) is 10.5 Å². The molecule has 162 valence electrons. The van der Waals surface area contributed by atoms with Crippen LogP contribution in [0.2, 0.25) is 5.02 Å². The molecule has 2 aromatic carbocycles. The smallest absolute Gasteiger partial charge is 0.290 e. The van der Waals surface area contributed by atoms with Crippen LogP contribution in [0.15, 0.2) is 41.3 Å². The van der Waals surface area contributed by atoms with Gasteiger partial charge in [-0.25, -0.2) is 9.97 Å². The molecule has 5 rings (SSSR count). The number of nitrogens with zero attached hydrogens (tertiary/aromatic N) is 3. The van der Waals surface area contributed by atoms with E-state index in [2.05, 4.69) is 20.5 Å². The van der Waals surface area contributed by atoms with E-state index in [4.69, 9.17) is 16.6 Å². The number of fused-ring (bicyclic) bond motifs is 1. The molecule has 0 spiro atoms. The van der Waals surface area contributed by atoms with Gasteiger partial charge in [0.05, 0.1) is 26.8 Å². The van der Waals surface area contributed by atoms with Crippen LogP contribution in [0.25, 0.3) is 28.2 Å². The number of hydrogen-bond acceptors (Lipinski definition) is 7. The highest BCUT2D eigenvalue weighted by atomic mass is 35.5. The molecule has 0 atom stereocenters. The molecule has 2 aliphatic heterocycles. The maximum atomic E-state index is 11.9. The lowest BCUT2D eigenvalue weighted by Crippen LogP contribution is -2.43. The van der Waals surface area contributed by atoms with E-state index in [9.17, 15) is 9.59 Å². The molecule has 2 amide bonds. The standard InChI is InChI=1S/C23H20ClN5O2S/c1-13-26-18-4-2-14(11-20-22(30)28-23(31)32-20)10-16(18)21(27-13)15-3-5-19(17(24)12-15)29-8-6-25-7-9-29/h2-5,10-12,25H,6-9H2,1H3,(H,28,30,31). The van der Waals surface area contributed by atoms with E-state index in [1.165, 1.54) is 0 Å². The van der Waals surface area contributed by atoms with E-state index in [-0.39, 0.29) is 11.1 Å². The summed E-state index contributed by atoms with van der Waals surface area (Å²) in [4.78, 5) is 35.3. The number of imide groups is 1. The van der Waals surface area contributed by atoms with Crippen molar-refractivity contribution in [3.05, 3.63) is 57.7 Å². The Bertz CT molecular complexity index is 1290. The number of hydrogen-bond donors (Lipinski definition) is 2. The summed E-state index contributed by atoms with van der Waals surface area (Å²) in [6.45, 7) is 5.57. The predicted molar refractivity (Wildman–Crippen MR) is 129 cm³/mol. The highest BCUT2D eigenvalue weighted by molar-refractivity contribution is 8.18. The van der Waals surface area contributed by atoms with E-state index in [0.717, 1.165) is 71.4 Å². The summed E-state index contributed by atoms with van der Waals surface area (Å²) in [6.07, 6.45) is 1.70. The average molecular weight is 466 g/mol. The zero-order chi connectivity index (χ0) is 22.2. The number of rotatable bonds is 3. The summed E-state index contributed by atoms with van der Waals surface area (Å²) >= 11 is 7.58. The fourth-order valence-electron chi connectivity index (χ4n) is 3.96. The van der Waals surface area contributed by atoms with Crippen molar-refractivity contribution in [2.45, 2.75) is 6.92 Å². The van der Waals surface area contributed by atoms with Crippen LogP contribution >= 0.6 is 23.4 Å². The Labute approximate surface area is 194 Å². The summed E-state index contributed by atoms with van der Waals surface area (Å²) in [5.74, 6) is 0.285. The topological polar surface area (TPSA) is 87.2 Å². The third kappa shape index (κ3) is 4.09. The quantitative estimate of drug-likeness (QED) is 0.565. The summed E-state index contributed by atoms with van der Waals surface area (Å²) in [7, 11) is 0. The van der Waals surface area contributed by atoms with Gasteiger partial charge in [-0.3, -0.25) is 14.9 Å². The van der Waals surface area contributed by atoms with Crippen LogP contribution in [0.3, 0.4) is 0 Å². The maximum absolute atomic E-state index is 11.9. The number of aryl methyl sites for hydroxylation is 1. The van der Waals surface area contributed by atoms with Crippen molar-refractivity contribution in [1.29, 1.82) is 0 Å². The van der Waals surface area contributed by atoms with Crippen molar-refractivity contribution in [3.8, 4) is 11.3 Å². The van der Waals surface area contributed by atoms with E-state index in [1.54, 1.807) is 6.08 Å². The van der Waals surface area contributed by atoms with Gasteiger partial charge < -0.3 is 10.2 Å². The normalized spacial score (nSPS) is 17.9. The SMILES string of the molecule is Cc1nc(-c2ccc(N3CCNCC3)c(Cl)c2)c2cc(C=C3SC(=O)NC3=O)ccc2n1. The Morgan fingerprint density at radius 1 is 1.09 bits per heavy atom. The molecule has 32 heavy (non-hydrogen) atoms. The number of halogens is 1. The minimum Gasteiger partial charge on any atom is -0.368 e. The fraction of sp³-hybridized carbons (Fsp3) is 0.217. The van der Waals surface area contributed by atoms with Gasteiger partial charge >= 0.3 is 0 Å². The Morgan fingerprint density at radius 3 is 2.62 bits per heavy atom. The molecule has 2 fully saturated rings. The van der Waals surface area contributed by atoms with Gasteiger partial charge in [-0.05, 0) is 54.6 Å². The van der Waals surface area contributed by atoms with Crippen molar-refractivity contribution in [2.24, 2.45) is 0 Å². The number of nitrogens with one attached hydrogen (secondary N) is 2. The van der Waals surface area contributed by atoms with Crippen molar-refractivity contribution < 1.29 is 9.59 Å². The first kappa shape index (κ1) is 20.9. The number of aromatic nitrogens is 2. The molecule has 0 bridgehead atoms. The molecule has 0 aliphatic carbocycles. The molecule has 7 nitrogen and oxygen atoms in total. The van der Waals surface area contributed by atoms with Crippen molar-refractivity contribution in [1.82, 2.24) is 20.6 Å². The van der Waals surface area contributed by atoms with Crippen molar-refractivity contribution >= 4 is 57.2 Å².